The van der Waals surface area contributed by atoms with Crippen LogP contribution in [0.1, 0.15) is 58.1 Å². The fourth-order valence-electron chi connectivity index (χ4n) is 6.56. The number of aromatic nitrogens is 2. The van der Waals surface area contributed by atoms with E-state index in [0.717, 1.165) is 15.4 Å². The third-order valence-electron chi connectivity index (χ3n) is 9.33. The maximum absolute atomic E-state index is 14.9. The van der Waals surface area contributed by atoms with Crippen molar-refractivity contribution >= 4 is 61.6 Å². The summed E-state index contributed by atoms with van der Waals surface area (Å²) in [6.07, 6.45) is 4.75. The second kappa shape index (κ2) is 14.0. The molecule has 3 aromatic carbocycles. The van der Waals surface area contributed by atoms with Crippen LogP contribution in [0.3, 0.4) is 0 Å². The summed E-state index contributed by atoms with van der Waals surface area (Å²) in [5.74, 6) is 1.28. The van der Waals surface area contributed by atoms with Gasteiger partial charge in [0.05, 0.1) is 12.6 Å². The molecule has 1 aliphatic heterocycles. The summed E-state index contributed by atoms with van der Waals surface area (Å²) in [5, 5.41) is 6.28. The van der Waals surface area contributed by atoms with Gasteiger partial charge < -0.3 is 19.3 Å². The number of benzene rings is 3. The molecule has 0 N–H and O–H groups in total. The van der Waals surface area contributed by atoms with Crippen LogP contribution in [-0.2, 0) is 21.3 Å². The molecular weight excluding hydrogens is 695 g/mol. The van der Waals surface area contributed by atoms with Gasteiger partial charge in [0.15, 0.2) is 5.82 Å². The van der Waals surface area contributed by atoms with Crippen molar-refractivity contribution in [3.8, 4) is 5.75 Å². The number of hydrogen-bond donors (Lipinski definition) is 0. The minimum atomic E-state index is -4.25. The van der Waals surface area contributed by atoms with Crippen molar-refractivity contribution in [1.82, 2.24) is 14.1 Å². The number of anilines is 1. The van der Waals surface area contributed by atoms with Crippen LogP contribution in [0.5, 0.6) is 5.75 Å². The van der Waals surface area contributed by atoms with E-state index >= 15 is 0 Å². The molecule has 0 radical (unpaired) electrons. The van der Waals surface area contributed by atoms with E-state index in [1.54, 1.807) is 31.1 Å². The van der Waals surface area contributed by atoms with Gasteiger partial charge >= 0.3 is 6.09 Å². The van der Waals surface area contributed by atoms with E-state index < -0.39 is 20.4 Å². The summed E-state index contributed by atoms with van der Waals surface area (Å²) in [4.78, 5) is 16.8. The van der Waals surface area contributed by atoms with Gasteiger partial charge in [-0.2, -0.15) is 4.09 Å². The van der Waals surface area contributed by atoms with Crippen LogP contribution in [0.25, 0.3) is 16.5 Å². The lowest BCUT2D eigenvalue weighted by molar-refractivity contribution is 0.0204. The summed E-state index contributed by atoms with van der Waals surface area (Å²) in [6, 6.07) is 22.4. The maximum Gasteiger partial charge on any atom is 0.410 e. The monoisotopic (exact) mass is 736 g/mol. The molecular formula is C38H42Cl2N4O5S. The minimum Gasteiger partial charge on any atom is -0.497 e. The first-order chi connectivity index (χ1) is 23.7. The molecule has 1 unspecified atom stereocenters. The molecule has 1 aromatic heterocycles. The standard InChI is InChI=1S/C38H42Cl2N4O5S/c1-37(2,3)49-36(45)42-23-20-27(21-24-42)43(25-26-16-18-28(48-5)19-17-26)35-31-12-7-9-15-33(31)44(41-35)50(46,47)38(4)22-10-13-30(34(38)40)29-11-6-8-14-32(29)39/h6-19,27H,20-25H2,1-5H3. The van der Waals surface area contributed by atoms with E-state index in [2.05, 4.69) is 4.90 Å². The molecule has 1 saturated heterocycles. The molecule has 1 atom stereocenters. The highest BCUT2D eigenvalue weighted by Crippen LogP contribution is 2.45. The van der Waals surface area contributed by atoms with Crippen LogP contribution >= 0.6 is 23.2 Å². The lowest BCUT2D eigenvalue weighted by atomic mass is 9.92. The van der Waals surface area contributed by atoms with E-state index in [9.17, 15) is 13.2 Å². The van der Waals surface area contributed by atoms with Crippen LogP contribution in [0.15, 0.2) is 90.0 Å². The minimum absolute atomic E-state index is 0.0474. The highest BCUT2D eigenvalue weighted by Gasteiger charge is 2.47. The summed E-state index contributed by atoms with van der Waals surface area (Å²) in [7, 11) is -2.62. The van der Waals surface area contributed by atoms with Crippen LogP contribution in [0.2, 0.25) is 5.02 Å². The number of ether oxygens (including phenoxy) is 2. The van der Waals surface area contributed by atoms with Gasteiger partial charge in [-0.05, 0) is 88.4 Å². The predicted octanol–water partition coefficient (Wildman–Crippen LogP) is 8.65. The Balaban J connectivity index is 1.42. The first kappa shape index (κ1) is 35.8. The normalized spacial score (nSPS) is 18.8. The third kappa shape index (κ3) is 6.85. The van der Waals surface area contributed by atoms with Gasteiger partial charge in [0.25, 0.3) is 10.0 Å². The van der Waals surface area contributed by atoms with Crippen LogP contribution < -0.4 is 9.64 Å². The predicted molar refractivity (Wildman–Crippen MR) is 200 cm³/mol. The first-order valence-corrected chi connectivity index (χ1v) is 18.8. The first-order valence-electron chi connectivity index (χ1n) is 16.7. The number of allylic oxidation sites excluding steroid dienone is 3. The lowest BCUT2D eigenvalue weighted by Crippen LogP contribution is -2.48. The van der Waals surface area contributed by atoms with E-state index in [1.807, 2.05) is 93.6 Å². The zero-order chi connectivity index (χ0) is 35.8. The molecule has 0 saturated carbocycles. The number of fused-ring (bicyclic) bond motifs is 1. The Morgan fingerprint density at radius 2 is 1.66 bits per heavy atom. The molecule has 12 heteroatoms. The molecule has 264 valence electrons. The molecule has 6 rings (SSSR count). The van der Waals surface area contributed by atoms with Crippen molar-refractivity contribution in [2.75, 3.05) is 25.1 Å². The number of halogens is 2. The largest absolute Gasteiger partial charge is 0.497 e. The lowest BCUT2D eigenvalue weighted by Gasteiger charge is -2.39. The van der Waals surface area contributed by atoms with Gasteiger partial charge in [-0.1, -0.05) is 77.8 Å². The zero-order valence-electron chi connectivity index (χ0n) is 28.9. The van der Waals surface area contributed by atoms with Gasteiger partial charge in [-0.3, -0.25) is 0 Å². The van der Waals surface area contributed by atoms with E-state index in [-0.39, 0.29) is 23.6 Å². The van der Waals surface area contributed by atoms with Crippen molar-refractivity contribution < 1.29 is 22.7 Å². The van der Waals surface area contributed by atoms with Gasteiger partial charge in [-0.25, -0.2) is 13.2 Å². The average Bonchev–Trinajstić information content (AvgIpc) is 3.49. The number of rotatable bonds is 8. The number of methoxy groups -OCH3 is 1. The van der Waals surface area contributed by atoms with Crippen molar-refractivity contribution in [3.05, 3.63) is 106 Å². The Kier molecular flexibility index (Phi) is 10.0. The second-order valence-corrected chi connectivity index (χ2v) is 16.9. The third-order valence-corrected chi connectivity index (χ3v) is 12.6. The molecule has 2 heterocycles. The number of nitrogens with zero attached hydrogens (tertiary/aromatic N) is 4. The molecule has 2 aliphatic rings. The number of hydrogen-bond acceptors (Lipinski definition) is 7. The Labute approximate surface area is 304 Å². The molecule has 50 heavy (non-hydrogen) atoms. The molecule has 1 fully saturated rings. The van der Waals surface area contributed by atoms with E-state index in [4.69, 9.17) is 37.8 Å². The smallest absolute Gasteiger partial charge is 0.410 e. The Morgan fingerprint density at radius 1 is 1.00 bits per heavy atom. The number of carbonyl (C=O) groups excluding carboxylic acids is 1. The van der Waals surface area contributed by atoms with E-state index in [1.165, 1.54) is 0 Å². The number of amides is 1. The van der Waals surface area contributed by atoms with Crippen molar-refractivity contribution in [2.24, 2.45) is 0 Å². The number of piperidine rings is 1. The average molecular weight is 738 g/mol. The fourth-order valence-corrected chi connectivity index (χ4v) is 8.96. The Bertz CT molecular complexity index is 2060. The molecule has 9 nitrogen and oxygen atoms in total. The van der Waals surface area contributed by atoms with Crippen LogP contribution in [-0.4, -0.2) is 65.2 Å². The number of likely N-dealkylation sites (tertiary alicyclic amines) is 1. The summed E-state index contributed by atoms with van der Waals surface area (Å²) in [6.45, 7) is 8.65. The van der Waals surface area contributed by atoms with Crippen molar-refractivity contribution in [1.29, 1.82) is 0 Å². The van der Waals surface area contributed by atoms with Crippen molar-refractivity contribution in [3.63, 3.8) is 0 Å². The SMILES string of the molecule is COc1ccc(CN(c2nn(S(=O)(=O)C3(C)CC=CC(c4ccccc4Cl)=C3Cl)c3ccccc23)C2CCN(C(=O)OC(C)(C)C)CC2)cc1. The quantitative estimate of drug-likeness (QED) is 0.179. The zero-order valence-corrected chi connectivity index (χ0v) is 31.2. The fraction of sp³-hybridized carbons (Fsp3) is 0.368. The molecule has 4 aromatic rings. The molecule has 0 bridgehead atoms. The molecule has 0 spiro atoms. The highest BCUT2D eigenvalue weighted by atomic mass is 35.5. The van der Waals surface area contributed by atoms with Crippen LogP contribution in [0.4, 0.5) is 10.6 Å². The summed E-state index contributed by atoms with van der Waals surface area (Å²) < 4.78 is 40.4. The van der Waals surface area contributed by atoms with Crippen LogP contribution in [0, 0.1) is 0 Å². The second-order valence-electron chi connectivity index (χ2n) is 13.9. The summed E-state index contributed by atoms with van der Waals surface area (Å²) in [5.41, 5.74) is 2.08. The van der Waals surface area contributed by atoms with Crippen molar-refractivity contribution in [2.45, 2.75) is 69.9 Å². The molecule has 1 aliphatic carbocycles. The Morgan fingerprint density at radius 3 is 2.32 bits per heavy atom. The van der Waals surface area contributed by atoms with Gasteiger partial charge in [0.2, 0.25) is 0 Å². The number of carbonyl (C=O) groups is 1. The van der Waals surface area contributed by atoms with Gasteiger partial charge in [0.1, 0.15) is 16.1 Å². The number of para-hydroxylation sites is 1. The topological polar surface area (TPSA) is 94.0 Å². The molecule has 1 amide bonds. The Hall–Kier alpha value is -3.99. The van der Waals surface area contributed by atoms with Gasteiger partial charge in [-0.15, -0.1) is 5.10 Å². The van der Waals surface area contributed by atoms with Gasteiger partial charge in [0, 0.05) is 46.7 Å². The summed E-state index contributed by atoms with van der Waals surface area (Å²) >= 11 is 13.6. The maximum atomic E-state index is 14.9. The van der Waals surface area contributed by atoms with E-state index in [0.29, 0.717) is 65.4 Å². The highest BCUT2D eigenvalue weighted by molar-refractivity contribution is 7.91.